The van der Waals surface area contributed by atoms with Gasteiger partial charge in [0.2, 0.25) is 5.91 Å². The van der Waals surface area contributed by atoms with E-state index in [9.17, 15) is 9.59 Å². The molecule has 2 amide bonds. The lowest BCUT2D eigenvalue weighted by Crippen LogP contribution is -2.51. The molecule has 1 aromatic heterocycles. The van der Waals surface area contributed by atoms with Gasteiger partial charge in [-0.25, -0.2) is 4.79 Å². The van der Waals surface area contributed by atoms with E-state index in [1.165, 1.54) is 13.1 Å². The summed E-state index contributed by atoms with van der Waals surface area (Å²) in [5.74, 6) is -0.100. The van der Waals surface area contributed by atoms with Crippen molar-refractivity contribution in [1.29, 1.82) is 5.41 Å². The Kier molecular flexibility index (Phi) is 7.19. The maximum absolute atomic E-state index is 12.8. The number of hydrogen-bond donors (Lipinski definition) is 2. The number of fused-ring (bicyclic) bond motifs is 1. The summed E-state index contributed by atoms with van der Waals surface area (Å²) in [4.78, 5) is 36.6. The van der Waals surface area contributed by atoms with E-state index in [1.807, 2.05) is 13.0 Å². The molecule has 0 fully saturated rings. The highest BCUT2D eigenvalue weighted by Crippen LogP contribution is 2.38. The Balaban J connectivity index is 1.95. The molecule has 2 N–H and O–H groups in total. The average Bonchev–Trinajstić information content (AvgIpc) is 2.76. The summed E-state index contributed by atoms with van der Waals surface area (Å²) in [6.45, 7) is 7.77. The molecule has 32 heavy (non-hydrogen) atoms. The van der Waals surface area contributed by atoms with Crippen molar-refractivity contribution in [2.24, 2.45) is 0 Å². The third-order valence-electron chi connectivity index (χ3n) is 4.96. The minimum atomic E-state index is -0.463. The van der Waals surface area contributed by atoms with Gasteiger partial charge in [-0.15, -0.1) is 0 Å². The SMILES string of the molecule is CC(=O)N1c2ccc(/C(C=N)=C/NCc3cnccn3)cc2N(C(=O)OC(C)C)C[C@@H]1C. The van der Waals surface area contributed by atoms with Crippen molar-refractivity contribution >= 4 is 35.2 Å². The Bertz CT molecular complexity index is 1020. The second-order valence-corrected chi connectivity index (χ2v) is 7.81. The Morgan fingerprint density at radius 3 is 2.72 bits per heavy atom. The van der Waals surface area contributed by atoms with Crippen LogP contribution in [0.5, 0.6) is 0 Å². The summed E-state index contributed by atoms with van der Waals surface area (Å²) in [5, 5.41) is 11.0. The first-order valence-corrected chi connectivity index (χ1v) is 10.4. The Hall–Kier alpha value is -3.75. The highest BCUT2D eigenvalue weighted by molar-refractivity contribution is 6.10. The molecule has 2 heterocycles. The van der Waals surface area contributed by atoms with Gasteiger partial charge in [-0.1, -0.05) is 6.07 Å². The van der Waals surface area contributed by atoms with Crippen LogP contribution in [0.3, 0.4) is 0 Å². The van der Waals surface area contributed by atoms with Crippen molar-refractivity contribution in [3.8, 4) is 0 Å². The number of anilines is 2. The summed E-state index contributed by atoms with van der Waals surface area (Å²) in [7, 11) is 0. The van der Waals surface area contributed by atoms with Crippen LogP contribution in [0.2, 0.25) is 0 Å². The van der Waals surface area contributed by atoms with Crippen LogP contribution in [0.15, 0.2) is 43.0 Å². The zero-order valence-electron chi connectivity index (χ0n) is 18.7. The van der Waals surface area contributed by atoms with Gasteiger partial charge >= 0.3 is 6.09 Å². The maximum Gasteiger partial charge on any atom is 0.414 e. The fourth-order valence-corrected chi connectivity index (χ4v) is 3.62. The Morgan fingerprint density at radius 1 is 1.31 bits per heavy atom. The molecule has 9 nitrogen and oxygen atoms in total. The Labute approximate surface area is 187 Å². The average molecular weight is 437 g/mol. The van der Waals surface area contributed by atoms with E-state index in [-0.39, 0.29) is 18.1 Å². The van der Waals surface area contributed by atoms with Gasteiger partial charge < -0.3 is 20.4 Å². The van der Waals surface area contributed by atoms with E-state index < -0.39 is 6.09 Å². The summed E-state index contributed by atoms with van der Waals surface area (Å²) in [6, 6.07) is 5.24. The third-order valence-corrected chi connectivity index (χ3v) is 4.96. The lowest BCUT2D eigenvalue weighted by Gasteiger charge is -2.40. The lowest BCUT2D eigenvalue weighted by molar-refractivity contribution is -0.117. The molecule has 0 saturated heterocycles. The zero-order valence-corrected chi connectivity index (χ0v) is 18.7. The summed E-state index contributed by atoms with van der Waals surface area (Å²) in [5.41, 5.74) is 3.32. The quantitative estimate of drug-likeness (QED) is 0.672. The normalized spacial score (nSPS) is 15.9. The fraction of sp³-hybridized carbons (Fsp3) is 0.348. The highest BCUT2D eigenvalue weighted by atomic mass is 16.6. The monoisotopic (exact) mass is 436 g/mol. The number of nitrogens with zero attached hydrogens (tertiary/aromatic N) is 4. The number of hydrogen-bond acceptors (Lipinski definition) is 7. The van der Waals surface area contributed by atoms with E-state index in [4.69, 9.17) is 10.1 Å². The third kappa shape index (κ3) is 5.11. The molecule has 1 atom stereocenters. The van der Waals surface area contributed by atoms with E-state index in [2.05, 4.69) is 15.3 Å². The first-order chi connectivity index (χ1) is 15.3. The van der Waals surface area contributed by atoms with Crippen LogP contribution in [0.1, 0.15) is 39.0 Å². The van der Waals surface area contributed by atoms with Gasteiger partial charge in [0.15, 0.2) is 0 Å². The minimum Gasteiger partial charge on any atom is -0.446 e. The van der Waals surface area contributed by atoms with Gasteiger partial charge in [-0.05, 0) is 38.5 Å². The molecule has 0 spiro atoms. The van der Waals surface area contributed by atoms with Gasteiger partial charge in [0.25, 0.3) is 0 Å². The van der Waals surface area contributed by atoms with Crippen LogP contribution in [0.25, 0.3) is 5.57 Å². The Morgan fingerprint density at radius 2 is 2.09 bits per heavy atom. The first-order valence-electron chi connectivity index (χ1n) is 10.4. The first kappa shape index (κ1) is 22.9. The maximum atomic E-state index is 12.8. The second-order valence-electron chi connectivity index (χ2n) is 7.81. The minimum absolute atomic E-state index is 0.100. The predicted octanol–water partition coefficient (Wildman–Crippen LogP) is 3.36. The van der Waals surface area contributed by atoms with Gasteiger partial charge in [-0.3, -0.25) is 19.7 Å². The summed E-state index contributed by atoms with van der Waals surface area (Å²) in [6.07, 6.45) is 7.11. The largest absolute Gasteiger partial charge is 0.446 e. The van der Waals surface area contributed by atoms with Crippen molar-refractivity contribution in [2.75, 3.05) is 16.3 Å². The van der Waals surface area contributed by atoms with Crippen molar-refractivity contribution in [1.82, 2.24) is 15.3 Å². The van der Waals surface area contributed by atoms with Gasteiger partial charge in [-0.2, -0.15) is 0 Å². The number of ether oxygens (including phenoxy) is 1. The van der Waals surface area contributed by atoms with Gasteiger partial charge in [0.05, 0.1) is 42.0 Å². The number of amides is 2. The summed E-state index contributed by atoms with van der Waals surface area (Å²) >= 11 is 0. The van der Waals surface area contributed by atoms with Gasteiger partial charge in [0.1, 0.15) is 0 Å². The number of aromatic nitrogens is 2. The number of carbonyl (C=O) groups excluding carboxylic acids is 2. The smallest absolute Gasteiger partial charge is 0.414 e. The molecule has 0 bridgehead atoms. The number of allylic oxidation sites excluding steroid dienone is 1. The lowest BCUT2D eigenvalue weighted by atomic mass is 10.0. The van der Waals surface area contributed by atoms with E-state index in [1.54, 1.807) is 60.6 Å². The molecule has 2 aromatic rings. The number of benzene rings is 1. The van der Waals surface area contributed by atoms with Crippen molar-refractivity contribution in [3.05, 3.63) is 54.2 Å². The number of nitrogens with one attached hydrogen (secondary N) is 2. The highest BCUT2D eigenvalue weighted by Gasteiger charge is 2.34. The topological polar surface area (TPSA) is 112 Å². The molecule has 1 aliphatic heterocycles. The fourth-order valence-electron chi connectivity index (χ4n) is 3.62. The van der Waals surface area contributed by atoms with Crippen LogP contribution >= 0.6 is 0 Å². The molecular formula is C23H28N6O3. The van der Waals surface area contributed by atoms with Crippen molar-refractivity contribution in [2.45, 2.75) is 46.4 Å². The van der Waals surface area contributed by atoms with E-state index in [0.717, 1.165) is 11.3 Å². The molecule has 0 unspecified atom stereocenters. The van der Waals surface area contributed by atoms with Crippen LogP contribution in [-0.4, -0.2) is 46.9 Å². The number of carbonyl (C=O) groups is 2. The van der Waals surface area contributed by atoms with Crippen molar-refractivity contribution in [3.63, 3.8) is 0 Å². The van der Waals surface area contributed by atoms with Gasteiger partial charge in [0, 0.05) is 43.8 Å². The van der Waals surface area contributed by atoms with Crippen LogP contribution in [-0.2, 0) is 16.1 Å². The molecular weight excluding hydrogens is 408 g/mol. The molecule has 168 valence electrons. The van der Waals surface area contributed by atoms with Crippen LogP contribution < -0.4 is 15.1 Å². The molecule has 0 saturated carbocycles. The molecule has 0 aliphatic carbocycles. The van der Waals surface area contributed by atoms with Crippen molar-refractivity contribution < 1.29 is 14.3 Å². The molecule has 3 rings (SSSR count). The van der Waals surface area contributed by atoms with E-state index in [0.29, 0.717) is 30.0 Å². The molecule has 9 heteroatoms. The zero-order chi connectivity index (χ0) is 23.3. The molecule has 0 radical (unpaired) electrons. The van der Waals surface area contributed by atoms with Crippen LogP contribution in [0.4, 0.5) is 16.2 Å². The van der Waals surface area contributed by atoms with Crippen LogP contribution in [0, 0.1) is 5.41 Å². The second kappa shape index (κ2) is 10.0. The number of rotatable bonds is 6. The standard InChI is InChI=1S/C23H28N6O3/c1-15(2)32-23(31)28-14-16(3)29(17(4)30)21-6-5-18(9-22(21)28)19(10-24)11-26-13-20-12-25-7-8-27-20/h5-12,15-16,24,26H,13-14H2,1-4H3/b19-11+,24-10?/t16-/m0/s1. The van der Waals surface area contributed by atoms with E-state index >= 15 is 0 Å². The summed E-state index contributed by atoms with van der Waals surface area (Å²) < 4.78 is 5.43. The molecule has 1 aromatic carbocycles. The predicted molar refractivity (Wildman–Crippen MR) is 124 cm³/mol. The molecule has 1 aliphatic rings.